The van der Waals surface area contributed by atoms with Crippen LogP contribution in [-0.2, 0) is 17.9 Å². The predicted octanol–water partition coefficient (Wildman–Crippen LogP) is 3.29. The van der Waals surface area contributed by atoms with Crippen LogP contribution in [-0.4, -0.2) is 42.4 Å². The number of nitrogens with zero attached hydrogens (tertiary/aromatic N) is 2. The van der Waals surface area contributed by atoms with Gasteiger partial charge in [-0.3, -0.25) is 9.69 Å². The highest BCUT2D eigenvalue weighted by atomic mass is 79.9. The van der Waals surface area contributed by atoms with Crippen molar-refractivity contribution >= 4 is 34.2 Å². The summed E-state index contributed by atoms with van der Waals surface area (Å²) >= 11 is 3.53. The van der Waals surface area contributed by atoms with Crippen molar-refractivity contribution < 1.29 is 4.79 Å². The number of hydrogen-bond donors (Lipinski definition) is 1. The minimum absolute atomic E-state index is 0. The standard InChI is InChI=1S/C19H24BrN3O.ClH/c1-22(14-17-9-5-6-10-18(17)20)19(24)15-23(12-11-21)13-16-7-3-2-4-8-16;/h2-10H,11-15,21H2,1H3;1H. The van der Waals surface area contributed by atoms with E-state index in [1.807, 2.05) is 49.5 Å². The molecule has 0 spiro atoms. The maximum absolute atomic E-state index is 12.6. The number of likely N-dealkylation sites (N-methyl/N-ethyl adjacent to an activating group) is 1. The normalized spacial score (nSPS) is 10.4. The van der Waals surface area contributed by atoms with Crippen molar-refractivity contribution in [3.63, 3.8) is 0 Å². The lowest BCUT2D eigenvalue weighted by atomic mass is 10.2. The molecule has 0 aliphatic rings. The van der Waals surface area contributed by atoms with Crippen molar-refractivity contribution in [2.24, 2.45) is 5.73 Å². The van der Waals surface area contributed by atoms with Crippen LogP contribution in [0.4, 0.5) is 0 Å². The maximum Gasteiger partial charge on any atom is 0.236 e. The minimum Gasteiger partial charge on any atom is -0.340 e. The molecule has 1 amide bonds. The van der Waals surface area contributed by atoms with E-state index in [0.29, 0.717) is 26.2 Å². The first-order valence-corrected chi connectivity index (χ1v) is 8.83. The predicted molar refractivity (Wildman–Crippen MR) is 109 cm³/mol. The van der Waals surface area contributed by atoms with E-state index in [1.165, 1.54) is 5.56 Å². The van der Waals surface area contributed by atoms with Gasteiger partial charge in [0.25, 0.3) is 0 Å². The lowest BCUT2D eigenvalue weighted by molar-refractivity contribution is -0.131. The maximum atomic E-state index is 12.6. The zero-order chi connectivity index (χ0) is 17.4. The number of carbonyl (C=O) groups is 1. The fourth-order valence-electron chi connectivity index (χ4n) is 2.52. The van der Waals surface area contributed by atoms with Crippen molar-refractivity contribution in [3.8, 4) is 0 Å². The molecule has 6 heteroatoms. The van der Waals surface area contributed by atoms with Gasteiger partial charge in [-0.25, -0.2) is 0 Å². The summed E-state index contributed by atoms with van der Waals surface area (Å²) in [5.74, 6) is 0.0927. The first-order chi connectivity index (χ1) is 11.6. The second kappa shape index (κ2) is 11.3. The van der Waals surface area contributed by atoms with Gasteiger partial charge in [-0.2, -0.15) is 0 Å². The molecule has 4 nitrogen and oxygen atoms in total. The molecule has 0 aliphatic carbocycles. The number of hydrogen-bond acceptors (Lipinski definition) is 3. The molecule has 0 aromatic heterocycles. The third kappa shape index (κ3) is 7.16. The summed E-state index contributed by atoms with van der Waals surface area (Å²) in [7, 11) is 1.84. The average molecular weight is 427 g/mol. The van der Waals surface area contributed by atoms with E-state index in [-0.39, 0.29) is 18.3 Å². The summed E-state index contributed by atoms with van der Waals surface area (Å²) in [4.78, 5) is 16.4. The number of nitrogens with two attached hydrogens (primary N) is 1. The smallest absolute Gasteiger partial charge is 0.236 e. The summed E-state index contributed by atoms with van der Waals surface area (Å²) in [6, 6.07) is 18.1. The highest BCUT2D eigenvalue weighted by molar-refractivity contribution is 9.10. The Morgan fingerprint density at radius 2 is 1.68 bits per heavy atom. The summed E-state index contributed by atoms with van der Waals surface area (Å²) in [5.41, 5.74) is 7.99. The van der Waals surface area contributed by atoms with Crippen molar-refractivity contribution in [1.29, 1.82) is 0 Å². The van der Waals surface area contributed by atoms with E-state index in [2.05, 4.69) is 33.0 Å². The molecule has 2 rings (SSSR count). The van der Waals surface area contributed by atoms with Gasteiger partial charge in [0, 0.05) is 37.7 Å². The molecule has 0 aliphatic heterocycles. The molecule has 0 radical (unpaired) electrons. The van der Waals surface area contributed by atoms with E-state index in [4.69, 9.17) is 5.73 Å². The Morgan fingerprint density at radius 3 is 2.32 bits per heavy atom. The van der Waals surface area contributed by atoms with Crippen LogP contribution in [0.15, 0.2) is 59.1 Å². The van der Waals surface area contributed by atoms with Gasteiger partial charge in [-0.05, 0) is 17.2 Å². The average Bonchev–Trinajstić information content (AvgIpc) is 2.58. The fraction of sp³-hybridized carbons (Fsp3) is 0.316. The largest absolute Gasteiger partial charge is 0.340 e. The zero-order valence-corrected chi connectivity index (χ0v) is 16.8. The number of amides is 1. The summed E-state index contributed by atoms with van der Waals surface area (Å²) < 4.78 is 1.02. The van der Waals surface area contributed by atoms with Crippen LogP contribution in [0.25, 0.3) is 0 Å². The van der Waals surface area contributed by atoms with Crippen molar-refractivity contribution in [1.82, 2.24) is 9.80 Å². The molecule has 0 bridgehead atoms. The van der Waals surface area contributed by atoms with E-state index in [1.54, 1.807) is 4.90 Å². The summed E-state index contributed by atoms with van der Waals surface area (Å²) in [5, 5.41) is 0. The SMILES string of the molecule is CN(Cc1ccccc1Br)C(=O)CN(CCN)Cc1ccccc1.Cl. The molecule has 2 aromatic rings. The minimum atomic E-state index is 0. The molecule has 0 unspecified atom stereocenters. The lowest BCUT2D eigenvalue weighted by Gasteiger charge is -2.25. The Balaban J connectivity index is 0.00000312. The van der Waals surface area contributed by atoms with Crippen LogP contribution < -0.4 is 5.73 Å². The van der Waals surface area contributed by atoms with Gasteiger partial charge in [0.05, 0.1) is 6.54 Å². The molecule has 0 saturated carbocycles. The van der Waals surface area contributed by atoms with E-state index < -0.39 is 0 Å². The molecule has 0 saturated heterocycles. The summed E-state index contributed by atoms with van der Waals surface area (Å²) in [6.45, 7) is 2.92. The zero-order valence-electron chi connectivity index (χ0n) is 14.4. The second-order valence-electron chi connectivity index (χ2n) is 5.83. The Hall–Kier alpha value is -1.40. The van der Waals surface area contributed by atoms with Gasteiger partial charge in [0.2, 0.25) is 5.91 Å². The van der Waals surface area contributed by atoms with Gasteiger partial charge >= 0.3 is 0 Å². The molecule has 25 heavy (non-hydrogen) atoms. The third-order valence-corrected chi connectivity index (χ3v) is 4.62. The molecule has 0 atom stereocenters. The van der Waals surface area contributed by atoms with Crippen molar-refractivity contribution in [2.45, 2.75) is 13.1 Å². The van der Waals surface area contributed by atoms with Crippen LogP contribution in [0.1, 0.15) is 11.1 Å². The van der Waals surface area contributed by atoms with Gasteiger partial charge in [0.1, 0.15) is 0 Å². The first-order valence-electron chi connectivity index (χ1n) is 8.04. The quantitative estimate of drug-likeness (QED) is 0.704. The number of benzene rings is 2. The third-order valence-electron chi connectivity index (χ3n) is 3.84. The Kier molecular flexibility index (Phi) is 9.75. The molecular formula is C19H25BrClN3O. The highest BCUT2D eigenvalue weighted by Gasteiger charge is 2.15. The summed E-state index contributed by atoms with van der Waals surface area (Å²) in [6.07, 6.45) is 0. The van der Waals surface area contributed by atoms with Gasteiger partial charge < -0.3 is 10.6 Å². The molecular weight excluding hydrogens is 402 g/mol. The van der Waals surface area contributed by atoms with Crippen LogP contribution >= 0.6 is 28.3 Å². The van der Waals surface area contributed by atoms with Crippen LogP contribution in [0.5, 0.6) is 0 Å². The highest BCUT2D eigenvalue weighted by Crippen LogP contribution is 2.17. The van der Waals surface area contributed by atoms with Gasteiger partial charge in [0.15, 0.2) is 0 Å². The molecule has 136 valence electrons. The Labute approximate surface area is 164 Å². The number of carbonyl (C=O) groups excluding carboxylic acids is 1. The number of halogens is 2. The van der Waals surface area contributed by atoms with E-state index >= 15 is 0 Å². The number of rotatable bonds is 8. The molecule has 0 fully saturated rings. The van der Waals surface area contributed by atoms with Gasteiger partial charge in [-0.1, -0.05) is 64.5 Å². The van der Waals surface area contributed by atoms with Crippen molar-refractivity contribution in [2.75, 3.05) is 26.7 Å². The monoisotopic (exact) mass is 425 g/mol. The first kappa shape index (κ1) is 21.6. The second-order valence-corrected chi connectivity index (χ2v) is 6.68. The fourth-order valence-corrected chi connectivity index (χ4v) is 2.93. The topological polar surface area (TPSA) is 49.6 Å². The van der Waals surface area contributed by atoms with Crippen LogP contribution in [0, 0.1) is 0 Å². The van der Waals surface area contributed by atoms with E-state index in [9.17, 15) is 4.79 Å². The van der Waals surface area contributed by atoms with Gasteiger partial charge in [-0.15, -0.1) is 12.4 Å². The van der Waals surface area contributed by atoms with Crippen LogP contribution in [0.3, 0.4) is 0 Å². The molecule has 0 heterocycles. The van der Waals surface area contributed by atoms with Crippen LogP contribution in [0.2, 0.25) is 0 Å². The Morgan fingerprint density at radius 1 is 1.04 bits per heavy atom. The molecule has 2 aromatic carbocycles. The van der Waals surface area contributed by atoms with Crippen molar-refractivity contribution in [3.05, 3.63) is 70.2 Å². The molecule has 2 N–H and O–H groups in total. The lowest BCUT2D eigenvalue weighted by Crippen LogP contribution is -2.39. The van der Waals surface area contributed by atoms with E-state index in [0.717, 1.165) is 16.6 Å². The Bertz CT molecular complexity index is 654.